The Kier molecular flexibility index (Phi) is 6.45. The van der Waals surface area contributed by atoms with Crippen molar-refractivity contribution >= 4 is 51.7 Å². The normalized spacial score (nSPS) is 25.1. The lowest BCUT2D eigenvalue weighted by molar-refractivity contribution is -0.127. The van der Waals surface area contributed by atoms with E-state index in [0.717, 1.165) is 12.8 Å². The average Bonchev–Trinajstić information content (AvgIpc) is 3.65. The molecule has 4 atom stereocenters. The predicted octanol–water partition coefficient (Wildman–Crippen LogP) is 6.39. The van der Waals surface area contributed by atoms with Crippen LogP contribution in [0.5, 0.6) is 5.88 Å². The molecular formula is C31H27Cl2FN4O4. The second-order valence-corrected chi connectivity index (χ2v) is 12.3. The van der Waals surface area contributed by atoms with Crippen LogP contribution in [0.4, 0.5) is 10.1 Å². The van der Waals surface area contributed by atoms with Crippen molar-refractivity contribution in [1.82, 2.24) is 14.7 Å². The maximum absolute atomic E-state index is 16.0. The van der Waals surface area contributed by atoms with Crippen molar-refractivity contribution in [1.29, 1.82) is 0 Å². The lowest BCUT2D eigenvalue weighted by Gasteiger charge is -2.39. The van der Waals surface area contributed by atoms with Gasteiger partial charge in [-0.1, -0.05) is 41.4 Å². The van der Waals surface area contributed by atoms with Crippen molar-refractivity contribution in [2.45, 2.75) is 43.3 Å². The smallest absolute Gasteiger partial charge is 0.335 e. The molecule has 0 unspecified atom stereocenters. The molecule has 3 aromatic carbocycles. The third-order valence-corrected chi connectivity index (χ3v) is 9.45. The highest BCUT2D eigenvalue weighted by atomic mass is 35.5. The van der Waals surface area contributed by atoms with Gasteiger partial charge in [-0.25, -0.2) is 13.9 Å². The highest BCUT2D eigenvalue weighted by Crippen LogP contribution is 2.57. The minimum absolute atomic E-state index is 0.0358. The van der Waals surface area contributed by atoms with E-state index in [4.69, 9.17) is 33.0 Å². The number of hydrogen-bond acceptors (Lipinski definition) is 5. The number of halogens is 3. The molecule has 2 fully saturated rings. The van der Waals surface area contributed by atoms with E-state index < -0.39 is 29.3 Å². The maximum Gasteiger partial charge on any atom is 0.335 e. The molecule has 7 rings (SSSR count). The van der Waals surface area contributed by atoms with Gasteiger partial charge in [-0.2, -0.15) is 5.10 Å². The Labute approximate surface area is 251 Å². The predicted molar refractivity (Wildman–Crippen MR) is 157 cm³/mol. The lowest BCUT2D eigenvalue weighted by atomic mass is 9.77. The minimum Gasteiger partial charge on any atom is -0.478 e. The Balaban J connectivity index is 1.43. The largest absolute Gasteiger partial charge is 0.478 e. The Morgan fingerprint density at radius 1 is 1.14 bits per heavy atom. The Bertz CT molecular complexity index is 1760. The van der Waals surface area contributed by atoms with Crippen LogP contribution < -0.4 is 10.1 Å². The number of carbonyl (C=O) groups excluding carboxylic acids is 1. The van der Waals surface area contributed by atoms with Crippen LogP contribution in [0.25, 0.3) is 10.9 Å². The molecule has 2 aliphatic heterocycles. The fourth-order valence-electron chi connectivity index (χ4n) is 6.72. The van der Waals surface area contributed by atoms with Crippen molar-refractivity contribution in [2.24, 2.45) is 5.92 Å². The number of likely N-dealkylation sites (tertiary alicyclic amines) is 1. The van der Waals surface area contributed by atoms with Gasteiger partial charge in [-0.05, 0) is 73.7 Å². The summed E-state index contributed by atoms with van der Waals surface area (Å²) in [6.07, 6.45) is 2.09. The van der Waals surface area contributed by atoms with Gasteiger partial charge in [-0.15, -0.1) is 0 Å². The number of hydrogen-bond donors (Lipinski definition) is 2. The molecule has 1 amide bonds. The SMILES string of the molecule is C[C@]1(C(=O)Nc2cccc(Cl)c2)[C@@H](c2cccc(Cl)c2F)[C@H]2[C@H](COc3c4cc(C(=O)O)ccc4nn32)N1CC1CC1. The molecule has 42 heavy (non-hydrogen) atoms. The van der Waals surface area contributed by atoms with E-state index in [1.807, 2.05) is 6.92 Å². The summed E-state index contributed by atoms with van der Waals surface area (Å²) < 4.78 is 24.0. The van der Waals surface area contributed by atoms with Crippen LogP contribution in [0.1, 0.15) is 47.6 Å². The van der Waals surface area contributed by atoms with Crippen molar-refractivity contribution in [3.05, 3.63) is 87.7 Å². The molecule has 1 aliphatic carbocycles. The van der Waals surface area contributed by atoms with Crippen LogP contribution >= 0.6 is 23.2 Å². The monoisotopic (exact) mass is 608 g/mol. The second-order valence-electron chi connectivity index (χ2n) is 11.5. The number of nitrogens with zero attached hydrogens (tertiary/aromatic N) is 3. The van der Waals surface area contributed by atoms with Crippen molar-refractivity contribution in [3.63, 3.8) is 0 Å². The first-order valence-electron chi connectivity index (χ1n) is 13.8. The Hall–Kier alpha value is -3.66. The fraction of sp³-hybridized carbons (Fsp3) is 0.323. The molecule has 1 saturated carbocycles. The number of nitrogens with one attached hydrogen (secondary N) is 1. The number of anilines is 1. The van der Waals surface area contributed by atoms with Crippen LogP contribution in [0.3, 0.4) is 0 Å². The van der Waals surface area contributed by atoms with E-state index in [0.29, 0.717) is 45.5 Å². The van der Waals surface area contributed by atoms with E-state index >= 15 is 4.39 Å². The van der Waals surface area contributed by atoms with Gasteiger partial charge in [0.1, 0.15) is 18.0 Å². The summed E-state index contributed by atoms with van der Waals surface area (Å²) >= 11 is 12.5. The van der Waals surface area contributed by atoms with E-state index in [9.17, 15) is 14.7 Å². The number of carboxylic acids is 1. The zero-order valence-electron chi connectivity index (χ0n) is 22.6. The van der Waals surface area contributed by atoms with Crippen LogP contribution in [-0.4, -0.2) is 56.4 Å². The van der Waals surface area contributed by atoms with Crippen molar-refractivity contribution in [3.8, 4) is 5.88 Å². The van der Waals surface area contributed by atoms with Crippen LogP contribution in [0, 0.1) is 11.7 Å². The molecule has 0 radical (unpaired) electrons. The second kappa shape index (κ2) is 9.97. The number of fused-ring (bicyclic) bond motifs is 5. The van der Waals surface area contributed by atoms with Gasteiger partial charge in [0.25, 0.3) is 0 Å². The molecule has 1 saturated heterocycles. The first kappa shape index (κ1) is 27.2. The van der Waals surface area contributed by atoms with E-state index in [-0.39, 0.29) is 29.1 Å². The van der Waals surface area contributed by atoms with Gasteiger partial charge in [0.15, 0.2) is 0 Å². The Morgan fingerprint density at radius 2 is 1.93 bits per heavy atom. The summed E-state index contributed by atoms with van der Waals surface area (Å²) in [5.41, 5.74) is 0.239. The van der Waals surface area contributed by atoms with Crippen molar-refractivity contribution < 1.29 is 23.8 Å². The Morgan fingerprint density at radius 3 is 2.67 bits per heavy atom. The van der Waals surface area contributed by atoms with Crippen LogP contribution in [0.15, 0.2) is 60.7 Å². The number of carboxylic acid groups (broad SMARTS) is 1. The minimum atomic E-state index is -1.25. The molecule has 1 aromatic heterocycles. The first-order valence-corrected chi connectivity index (χ1v) is 14.6. The molecule has 216 valence electrons. The number of amides is 1. The summed E-state index contributed by atoms with van der Waals surface area (Å²) in [6.45, 7) is 2.69. The summed E-state index contributed by atoms with van der Waals surface area (Å²) in [7, 11) is 0. The number of rotatable bonds is 6. The molecule has 3 heterocycles. The molecule has 11 heteroatoms. The molecule has 0 spiro atoms. The molecule has 3 aliphatic rings. The van der Waals surface area contributed by atoms with Gasteiger partial charge < -0.3 is 15.2 Å². The maximum atomic E-state index is 16.0. The third kappa shape index (κ3) is 4.25. The van der Waals surface area contributed by atoms with Gasteiger partial charge in [-0.3, -0.25) is 9.69 Å². The van der Waals surface area contributed by atoms with E-state index in [1.54, 1.807) is 47.1 Å². The topological polar surface area (TPSA) is 96.7 Å². The van der Waals surface area contributed by atoms with Crippen LogP contribution in [0.2, 0.25) is 10.0 Å². The van der Waals surface area contributed by atoms with E-state index in [2.05, 4.69) is 10.2 Å². The standard InChI is InChI=1S/C31H27Cl2FN4O4/c1-31(30(41)35-19-5-2-4-18(32)13-19)25(20-6-3-7-22(33)26(20)34)27-24(37(31)14-16-8-9-16)15-42-28-21-12-17(29(39)40)10-11-23(21)36-38(27)28/h2-7,10-13,16,24-25,27H,8-9,14-15H2,1H3,(H,35,41)(H,39,40)/t24-,25-,27+,31+/m0/s1. The van der Waals surface area contributed by atoms with E-state index in [1.165, 1.54) is 18.2 Å². The summed E-state index contributed by atoms with van der Waals surface area (Å²) in [4.78, 5) is 28.4. The summed E-state index contributed by atoms with van der Waals surface area (Å²) in [5.74, 6) is -1.89. The number of carbonyl (C=O) groups is 2. The highest BCUT2D eigenvalue weighted by molar-refractivity contribution is 6.31. The molecule has 4 aromatic rings. The van der Waals surface area contributed by atoms with Gasteiger partial charge in [0.05, 0.1) is 33.6 Å². The van der Waals surface area contributed by atoms with Gasteiger partial charge in [0.2, 0.25) is 11.8 Å². The number of aromatic carboxylic acids is 1. The summed E-state index contributed by atoms with van der Waals surface area (Å²) in [5, 5.41) is 18.5. The number of aromatic nitrogens is 2. The number of benzene rings is 3. The van der Waals surface area contributed by atoms with Crippen LogP contribution in [-0.2, 0) is 4.79 Å². The first-order chi connectivity index (χ1) is 20.2. The molecular weight excluding hydrogens is 582 g/mol. The van der Waals surface area contributed by atoms with Gasteiger partial charge >= 0.3 is 5.97 Å². The fourth-order valence-corrected chi connectivity index (χ4v) is 7.10. The zero-order chi connectivity index (χ0) is 29.3. The molecule has 2 N–H and O–H groups in total. The lowest BCUT2D eigenvalue weighted by Crippen LogP contribution is -2.57. The zero-order valence-corrected chi connectivity index (χ0v) is 24.1. The number of ether oxygens (including phenoxy) is 1. The molecule has 8 nitrogen and oxygen atoms in total. The summed E-state index contributed by atoms with van der Waals surface area (Å²) in [6, 6.07) is 15.6. The van der Waals surface area contributed by atoms with Gasteiger partial charge in [0, 0.05) is 23.2 Å². The molecule has 0 bridgehead atoms. The van der Waals surface area contributed by atoms with Crippen molar-refractivity contribution in [2.75, 3.05) is 18.5 Å². The third-order valence-electron chi connectivity index (χ3n) is 8.92. The highest BCUT2D eigenvalue weighted by Gasteiger charge is 2.64. The average molecular weight is 609 g/mol. The quantitative estimate of drug-likeness (QED) is 0.263.